The topological polar surface area (TPSA) is 43.1 Å². The molecule has 2 unspecified atom stereocenters. The highest BCUT2D eigenvalue weighted by Gasteiger charge is 2.15. The normalized spacial score (nSPS) is 14.4. The summed E-state index contributed by atoms with van der Waals surface area (Å²) in [7, 11) is -1.20. The Morgan fingerprint density at radius 3 is 2.72 bits per heavy atom. The number of anilines is 1. The van der Waals surface area contributed by atoms with Crippen molar-refractivity contribution in [3.63, 3.8) is 0 Å². The van der Waals surface area contributed by atoms with Crippen LogP contribution in [0.3, 0.4) is 0 Å². The van der Waals surface area contributed by atoms with Crippen molar-refractivity contribution >= 4 is 16.5 Å². The smallest absolute Gasteiger partial charge is 0.124 e. The third-order valence-electron chi connectivity index (χ3n) is 3.15. The summed E-state index contributed by atoms with van der Waals surface area (Å²) in [5.41, 5.74) is 6.16. The third kappa shape index (κ3) is 4.41. The van der Waals surface area contributed by atoms with Gasteiger partial charge in [0.1, 0.15) is 5.82 Å². The van der Waals surface area contributed by atoms with Crippen molar-refractivity contribution < 1.29 is 8.60 Å². The zero-order valence-corrected chi connectivity index (χ0v) is 11.9. The Morgan fingerprint density at radius 2 is 2.11 bits per heavy atom. The van der Waals surface area contributed by atoms with Crippen molar-refractivity contribution in [2.45, 2.75) is 44.4 Å². The standard InChI is InChI=1S/C14H22FNOS/c1-3-5-6-11(4-2)10-18(17)14-9-12(15)7-8-13(14)16/h7-9,11H,3-6,10,16H2,1-2H3. The molecule has 102 valence electrons. The minimum absolute atomic E-state index is 0.380. The second kappa shape index (κ2) is 7.52. The van der Waals surface area contributed by atoms with Gasteiger partial charge in [-0.25, -0.2) is 4.39 Å². The Bertz CT molecular complexity index is 409. The molecule has 18 heavy (non-hydrogen) atoms. The van der Waals surface area contributed by atoms with Crippen LogP contribution >= 0.6 is 0 Å². The van der Waals surface area contributed by atoms with Crippen molar-refractivity contribution in [1.29, 1.82) is 0 Å². The molecule has 4 heteroatoms. The molecule has 0 saturated carbocycles. The number of hydrogen-bond acceptors (Lipinski definition) is 2. The second-order valence-electron chi connectivity index (χ2n) is 4.61. The van der Waals surface area contributed by atoms with E-state index in [1.165, 1.54) is 18.2 Å². The number of benzene rings is 1. The summed E-state index contributed by atoms with van der Waals surface area (Å²) < 4.78 is 25.4. The highest BCUT2D eigenvalue weighted by molar-refractivity contribution is 7.85. The molecule has 0 radical (unpaired) electrons. The van der Waals surface area contributed by atoms with E-state index >= 15 is 0 Å². The first-order chi connectivity index (χ1) is 8.58. The number of hydrogen-bond donors (Lipinski definition) is 1. The van der Waals surface area contributed by atoms with Crippen LogP contribution in [0.1, 0.15) is 39.5 Å². The van der Waals surface area contributed by atoms with Crippen LogP contribution in [0.25, 0.3) is 0 Å². The SMILES string of the molecule is CCCCC(CC)CS(=O)c1cc(F)ccc1N. The highest BCUT2D eigenvalue weighted by atomic mass is 32.2. The predicted molar refractivity (Wildman–Crippen MR) is 75.4 cm³/mol. The number of unbranched alkanes of at least 4 members (excludes halogenated alkanes) is 1. The maximum Gasteiger partial charge on any atom is 0.124 e. The van der Waals surface area contributed by atoms with E-state index in [1.807, 2.05) is 0 Å². The molecule has 1 aromatic carbocycles. The summed E-state index contributed by atoms with van der Waals surface area (Å²) >= 11 is 0. The first kappa shape index (κ1) is 15.2. The molecular weight excluding hydrogens is 249 g/mol. The minimum atomic E-state index is -1.20. The summed E-state index contributed by atoms with van der Waals surface area (Å²) in [6.45, 7) is 4.25. The Labute approximate surface area is 111 Å². The monoisotopic (exact) mass is 271 g/mol. The fourth-order valence-corrected chi connectivity index (χ4v) is 3.49. The minimum Gasteiger partial charge on any atom is -0.398 e. The Kier molecular flexibility index (Phi) is 6.33. The number of nitrogens with two attached hydrogens (primary N) is 1. The molecule has 0 aliphatic carbocycles. The van der Waals surface area contributed by atoms with Crippen molar-refractivity contribution in [3.05, 3.63) is 24.0 Å². The van der Waals surface area contributed by atoms with Crippen molar-refractivity contribution in [2.24, 2.45) is 5.92 Å². The number of rotatable bonds is 7. The van der Waals surface area contributed by atoms with Gasteiger partial charge in [-0.05, 0) is 30.5 Å². The molecule has 1 aromatic rings. The van der Waals surface area contributed by atoms with Crippen LogP contribution in [-0.4, -0.2) is 9.96 Å². The van der Waals surface area contributed by atoms with Crippen molar-refractivity contribution in [3.8, 4) is 0 Å². The molecule has 0 saturated heterocycles. The third-order valence-corrected chi connectivity index (χ3v) is 4.77. The van der Waals surface area contributed by atoms with Crippen LogP contribution in [0.2, 0.25) is 0 Å². The average molecular weight is 271 g/mol. The lowest BCUT2D eigenvalue weighted by Crippen LogP contribution is -2.12. The van der Waals surface area contributed by atoms with Crippen LogP contribution in [0, 0.1) is 11.7 Å². The van der Waals surface area contributed by atoms with Gasteiger partial charge in [-0.15, -0.1) is 0 Å². The molecule has 0 spiro atoms. The van der Waals surface area contributed by atoms with Crippen LogP contribution in [0.5, 0.6) is 0 Å². The maximum absolute atomic E-state index is 13.1. The van der Waals surface area contributed by atoms with Crippen LogP contribution in [0.4, 0.5) is 10.1 Å². The molecular formula is C14H22FNOS. The molecule has 0 aliphatic rings. The van der Waals surface area contributed by atoms with E-state index < -0.39 is 10.8 Å². The van der Waals surface area contributed by atoms with Gasteiger partial charge in [0.15, 0.2) is 0 Å². The molecule has 2 atom stereocenters. The van der Waals surface area contributed by atoms with Crippen molar-refractivity contribution in [2.75, 3.05) is 11.5 Å². The van der Waals surface area contributed by atoms with E-state index in [2.05, 4.69) is 13.8 Å². The maximum atomic E-state index is 13.1. The van der Waals surface area contributed by atoms with E-state index in [9.17, 15) is 8.60 Å². The van der Waals surface area contributed by atoms with E-state index in [0.29, 0.717) is 22.3 Å². The van der Waals surface area contributed by atoms with E-state index in [0.717, 1.165) is 25.7 Å². The first-order valence-corrected chi connectivity index (χ1v) is 7.83. The fourth-order valence-electron chi connectivity index (χ4n) is 1.91. The summed E-state index contributed by atoms with van der Waals surface area (Å²) in [6.07, 6.45) is 4.37. The molecule has 0 fully saturated rings. The van der Waals surface area contributed by atoms with Gasteiger partial charge in [-0.1, -0.05) is 33.1 Å². The lowest BCUT2D eigenvalue weighted by Gasteiger charge is -2.14. The quantitative estimate of drug-likeness (QED) is 0.768. The molecule has 0 amide bonds. The zero-order valence-electron chi connectivity index (χ0n) is 11.1. The van der Waals surface area contributed by atoms with Gasteiger partial charge >= 0.3 is 0 Å². The highest BCUT2D eigenvalue weighted by Crippen LogP contribution is 2.22. The van der Waals surface area contributed by atoms with Gasteiger partial charge in [0, 0.05) is 11.4 Å². The van der Waals surface area contributed by atoms with E-state index in [-0.39, 0.29) is 5.82 Å². The lowest BCUT2D eigenvalue weighted by atomic mass is 10.0. The zero-order chi connectivity index (χ0) is 13.5. The largest absolute Gasteiger partial charge is 0.398 e. The number of nitrogen functional groups attached to an aromatic ring is 1. The Balaban J connectivity index is 2.71. The fraction of sp³-hybridized carbons (Fsp3) is 0.571. The average Bonchev–Trinajstić information content (AvgIpc) is 2.37. The summed E-state index contributed by atoms with van der Waals surface area (Å²) in [4.78, 5) is 0.435. The molecule has 2 N–H and O–H groups in total. The molecule has 1 rings (SSSR count). The van der Waals surface area contributed by atoms with E-state index in [1.54, 1.807) is 0 Å². The van der Waals surface area contributed by atoms with Crippen LogP contribution < -0.4 is 5.73 Å². The Morgan fingerprint density at radius 1 is 1.39 bits per heavy atom. The molecule has 0 aliphatic heterocycles. The van der Waals surface area contributed by atoms with Gasteiger partial charge in [0.05, 0.1) is 15.7 Å². The molecule has 0 bridgehead atoms. The van der Waals surface area contributed by atoms with E-state index in [4.69, 9.17) is 5.73 Å². The van der Waals surface area contributed by atoms with Gasteiger partial charge in [0.25, 0.3) is 0 Å². The van der Waals surface area contributed by atoms with Crippen LogP contribution in [0.15, 0.2) is 23.1 Å². The Hall–Kier alpha value is -0.900. The summed E-state index contributed by atoms with van der Waals surface area (Å²) in [6, 6.07) is 4.07. The number of halogens is 1. The van der Waals surface area contributed by atoms with Gasteiger partial charge in [-0.3, -0.25) is 4.21 Å². The molecule has 2 nitrogen and oxygen atoms in total. The van der Waals surface area contributed by atoms with Gasteiger partial charge < -0.3 is 5.73 Å². The van der Waals surface area contributed by atoms with Gasteiger partial charge in [0.2, 0.25) is 0 Å². The molecule has 0 aromatic heterocycles. The van der Waals surface area contributed by atoms with Crippen molar-refractivity contribution in [1.82, 2.24) is 0 Å². The lowest BCUT2D eigenvalue weighted by molar-refractivity contribution is 0.494. The molecule has 0 heterocycles. The first-order valence-electron chi connectivity index (χ1n) is 6.51. The van der Waals surface area contributed by atoms with Gasteiger partial charge in [-0.2, -0.15) is 0 Å². The summed E-state index contributed by atoms with van der Waals surface area (Å²) in [5, 5.41) is 0. The van der Waals surface area contributed by atoms with Crippen LogP contribution in [-0.2, 0) is 10.8 Å². The second-order valence-corrected chi connectivity index (χ2v) is 6.08. The predicted octanol–water partition coefficient (Wildman–Crippen LogP) is 3.73. The summed E-state index contributed by atoms with van der Waals surface area (Å²) in [5.74, 6) is 0.618.